The van der Waals surface area contributed by atoms with Gasteiger partial charge in [0.25, 0.3) is 5.69 Å². The van der Waals surface area contributed by atoms with E-state index in [-0.39, 0.29) is 24.3 Å². The molecule has 112 valence electrons. The molecule has 3 N–H and O–H groups in total. The first-order valence-corrected chi connectivity index (χ1v) is 6.51. The number of non-ortho nitro benzene ring substituents is 1. The fourth-order valence-corrected chi connectivity index (χ4v) is 1.66. The van der Waals surface area contributed by atoms with E-state index < -0.39 is 4.92 Å². The maximum absolute atomic E-state index is 10.7. The van der Waals surface area contributed by atoms with E-state index in [0.29, 0.717) is 17.4 Å². The van der Waals surface area contributed by atoms with Crippen LogP contribution in [0, 0.1) is 16.0 Å². The second kappa shape index (κ2) is 6.31. The molecule has 0 fully saturated rings. The summed E-state index contributed by atoms with van der Waals surface area (Å²) in [4.78, 5) is 14.5. The third-order valence-electron chi connectivity index (χ3n) is 2.97. The molecule has 8 nitrogen and oxygen atoms in total. The number of nitrogens with two attached hydrogens (primary N) is 1. The number of nitro groups is 1. The molecule has 1 heterocycles. The first kappa shape index (κ1) is 14.9. The predicted octanol–water partition coefficient (Wildman–Crippen LogP) is 1.95. The Balaban J connectivity index is 2.00. The fourth-order valence-electron chi connectivity index (χ4n) is 1.66. The van der Waals surface area contributed by atoms with Crippen LogP contribution in [0.25, 0.3) is 0 Å². The van der Waals surface area contributed by atoms with Gasteiger partial charge in [-0.05, 0) is 12.0 Å². The minimum atomic E-state index is -0.471. The molecule has 0 aliphatic carbocycles. The number of aromatic nitrogens is 3. The highest BCUT2D eigenvalue weighted by Gasteiger charge is 2.16. The summed E-state index contributed by atoms with van der Waals surface area (Å²) >= 11 is 0. The van der Waals surface area contributed by atoms with E-state index in [1.807, 2.05) is 13.8 Å². The van der Waals surface area contributed by atoms with Gasteiger partial charge in [0.15, 0.2) is 11.6 Å². The van der Waals surface area contributed by atoms with Gasteiger partial charge in [-0.25, -0.2) is 4.98 Å². The van der Waals surface area contributed by atoms with Crippen LogP contribution in [0.3, 0.4) is 0 Å². The van der Waals surface area contributed by atoms with E-state index in [0.717, 1.165) is 0 Å². The van der Waals surface area contributed by atoms with Gasteiger partial charge in [-0.15, -0.1) is 0 Å². The van der Waals surface area contributed by atoms with Crippen LogP contribution in [0.15, 0.2) is 24.3 Å². The average molecular weight is 291 g/mol. The molecule has 0 spiro atoms. The zero-order chi connectivity index (χ0) is 15.4. The van der Waals surface area contributed by atoms with Crippen molar-refractivity contribution in [3.05, 3.63) is 46.0 Å². The Kier molecular flexibility index (Phi) is 4.49. The molecule has 2 rings (SSSR count). The van der Waals surface area contributed by atoms with E-state index >= 15 is 0 Å². The number of rotatable bonds is 6. The highest BCUT2D eigenvalue weighted by molar-refractivity contribution is 5.37. The van der Waals surface area contributed by atoms with Crippen molar-refractivity contribution in [3.8, 4) is 5.75 Å². The molecule has 21 heavy (non-hydrogen) atoms. The van der Waals surface area contributed by atoms with Crippen molar-refractivity contribution in [1.82, 2.24) is 15.2 Å². The van der Waals surface area contributed by atoms with Gasteiger partial charge in [-0.3, -0.25) is 15.2 Å². The molecule has 2 aromatic rings. The molecule has 0 saturated heterocycles. The third kappa shape index (κ3) is 3.76. The molecule has 1 aromatic carbocycles. The third-order valence-corrected chi connectivity index (χ3v) is 2.97. The standard InChI is InChI=1S/C13H17N5O3/c1-8(2)12(14)13-15-11(16-17-13)7-21-10-5-3-4-9(6-10)18(19)20/h3-6,8,12H,7,14H2,1-2H3,(H,15,16,17)/t12-/m0/s1. The molecular formula is C13H17N5O3. The normalized spacial score (nSPS) is 12.4. The van der Waals surface area contributed by atoms with Crippen molar-refractivity contribution >= 4 is 5.69 Å². The smallest absolute Gasteiger partial charge is 0.273 e. The van der Waals surface area contributed by atoms with Gasteiger partial charge in [0.1, 0.15) is 12.4 Å². The zero-order valence-corrected chi connectivity index (χ0v) is 11.8. The molecule has 0 aliphatic heterocycles. The molecule has 0 aliphatic rings. The van der Waals surface area contributed by atoms with Gasteiger partial charge in [-0.2, -0.15) is 5.10 Å². The Morgan fingerprint density at radius 2 is 2.24 bits per heavy atom. The summed E-state index contributed by atoms with van der Waals surface area (Å²) in [6.45, 7) is 4.11. The van der Waals surface area contributed by atoms with Gasteiger partial charge in [0, 0.05) is 6.07 Å². The number of nitrogens with zero attached hydrogens (tertiary/aromatic N) is 3. The van der Waals surface area contributed by atoms with Gasteiger partial charge in [0.05, 0.1) is 17.0 Å². The Labute approximate surface area is 121 Å². The lowest BCUT2D eigenvalue weighted by atomic mass is 10.1. The van der Waals surface area contributed by atoms with Crippen molar-refractivity contribution in [2.24, 2.45) is 11.7 Å². The summed E-state index contributed by atoms with van der Waals surface area (Å²) in [7, 11) is 0. The molecular weight excluding hydrogens is 274 g/mol. The highest BCUT2D eigenvalue weighted by atomic mass is 16.6. The zero-order valence-electron chi connectivity index (χ0n) is 11.8. The van der Waals surface area contributed by atoms with E-state index in [2.05, 4.69) is 15.2 Å². The summed E-state index contributed by atoms with van der Waals surface area (Å²) in [5.41, 5.74) is 5.93. The molecule has 0 bridgehead atoms. The lowest BCUT2D eigenvalue weighted by Crippen LogP contribution is -2.18. The molecule has 1 atom stereocenters. The SMILES string of the molecule is CC(C)[C@H](N)c1n[nH]c(COc2cccc([N+](=O)[O-])c2)n1. The Hall–Kier alpha value is -2.48. The quantitative estimate of drug-likeness (QED) is 0.620. The molecule has 1 aromatic heterocycles. The number of hydrogen-bond donors (Lipinski definition) is 2. The van der Waals surface area contributed by atoms with Crippen molar-refractivity contribution in [2.45, 2.75) is 26.5 Å². The first-order chi connectivity index (χ1) is 9.97. The van der Waals surface area contributed by atoms with Crippen LogP contribution >= 0.6 is 0 Å². The van der Waals surface area contributed by atoms with E-state index in [4.69, 9.17) is 10.5 Å². The minimum absolute atomic E-state index is 0.0208. The number of nitrogens with one attached hydrogen (secondary N) is 1. The summed E-state index contributed by atoms with van der Waals surface area (Å²) in [5.74, 6) is 1.68. The molecule has 0 saturated carbocycles. The highest BCUT2D eigenvalue weighted by Crippen LogP contribution is 2.20. The van der Waals surface area contributed by atoms with Crippen molar-refractivity contribution in [1.29, 1.82) is 0 Å². The summed E-state index contributed by atoms with van der Waals surface area (Å²) in [5, 5.41) is 17.5. The largest absolute Gasteiger partial charge is 0.485 e. The summed E-state index contributed by atoms with van der Waals surface area (Å²) in [6, 6.07) is 5.73. The molecule has 0 amide bonds. The maximum atomic E-state index is 10.7. The van der Waals surface area contributed by atoms with Crippen molar-refractivity contribution in [2.75, 3.05) is 0 Å². The Morgan fingerprint density at radius 3 is 2.90 bits per heavy atom. The Morgan fingerprint density at radius 1 is 1.48 bits per heavy atom. The molecule has 0 radical (unpaired) electrons. The number of H-pyrrole nitrogens is 1. The summed E-state index contributed by atoms with van der Waals surface area (Å²) < 4.78 is 5.46. The number of nitro benzene ring substituents is 1. The van der Waals surface area contributed by atoms with Crippen molar-refractivity contribution in [3.63, 3.8) is 0 Å². The second-order valence-electron chi connectivity index (χ2n) is 4.95. The number of aromatic amines is 1. The van der Waals surface area contributed by atoms with Gasteiger partial charge < -0.3 is 10.5 Å². The van der Waals surface area contributed by atoms with Crippen LogP contribution < -0.4 is 10.5 Å². The first-order valence-electron chi connectivity index (χ1n) is 6.51. The maximum Gasteiger partial charge on any atom is 0.273 e. The van der Waals surface area contributed by atoms with Gasteiger partial charge in [0.2, 0.25) is 0 Å². The number of hydrogen-bond acceptors (Lipinski definition) is 6. The topological polar surface area (TPSA) is 120 Å². The van der Waals surface area contributed by atoms with Crippen LogP contribution in [-0.2, 0) is 6.61 Å². The van der Waals surface area contributed by atoms with Crippen LogP contribution in [0.5, 0.6) is 5.75 Å². The monoisotopic (exact) mass is 291 g/mol. The minimum Gasteiger partial charge on any atom is -0.485 e. The predicted molar refractivity (Wildman–Crippen MR) is 75.6 cm³/mol. The summed E-state index contributed by atoms with van der Waals surface area (Å²) in [6.07, 6.45) is 0. The van der Waals surface area contributed by atoms with Gasteiger partial charge >= 0.3 is 0 Å². The second-order valence-corrected chi connectivity index (χ2v) is 4.95. The van der Waals surface area contributed by atoms with Crippen LogP contribution in [0.4, 0.5) is 5.69 Å². The lowest BCUT2D eigenvalue weighted by molar-refractivity contribution is -0.384. The average Bonchev–Trinajstić information content (AvgIpc) is 2.93. The van der Waals surface area contributed by atoms with Gasteiger partial charge in [-0.1, -0.05) is 19.9 Å². The molecule has 8 heteroatoms. The van der Waals surface area contributed by atoms with Crippen LogP contribution in [0.2, 0.25) is 0 Å². The molecule has 0 unspecified atom stereocenters. The number of ether oxygens (including phenoxy) is 1. The van der Waals surface area contributed by atoms with Crippen LogP contribution in [0.1, 0.15) is 31.5 Å². The lowest BCUT2D eigenvalue weighted by Gasteiger charge is -2.10. The fraction of sp³-hybridized carbons (Fsp3) is 0.385. The van der Waals surface area contributed by atoms with E-state index in [9.17, 15) is 10.1 Å². The number of benzene rings is 1. The van der Waals surface area contributed by atoms with Crippen LogP contribution in [-0.4, -0.2) is 20.1 Å². The Bertz CT molecular complexity index is 626. The van der Waals surface area contributed by atoms with E-state index in [1.54, 1.807) is 12.1 Å². The van der Waals surface area contributed by atoms with Crippen molar-refractivity contribution < 1.29 is 9.66 Å². The van der Waals surface area contributed by atoms with E-state index in [1.165, 1.54) is 12.1 Å².